The smallest absolute Gasteiger partial charge is 0.129 e. The summed E-state index contributed by atoms with van der Waals surface area (Å²) < 4.78 is 0. The quantitative estimate of drug-likeness (QED) is 0.814. The van der Waals surface area contributed by atoms with Crippen molar-refractivity contribution in [2.24, 2.45) is 0 Å². The number of hydrogen-bond donors (Lipinski definition) is 1. The maximum atomic E-state index is 9.37. The van der Waals surface area contributed by atoms with E-state index in [-0.39, 0.29) is 12.0 Å². The third-order valence-electron chi connectivity index (χ3n) is 2.88. The number of nitrogens with zero attached hydrogens (tertiary/aromatic N) is 2. The van der Waals surface area contributed by atoms with Crippen LogP contribution in [0.25, 0.3) is 0 Å². The van der Waals surface area contributed by atoms with Crippen molar-refractivity contribution in [3.63, 3.8) is 0 Å². The van der Waals surface area contributed by atoms with Crippen LogP contribution in [-0.2, 0) is 12.0 Å². The first-order valence-corrected chi connectivity index (χ1v) is 6.40. The van der Waals surface area contributed by atoms with Crippen molar-refractivity contribution in [1.82, 2.24) is 4.98 Å². The zero-order valence-corrected chi connectivity index (χ0v) is 11.9. The van der Waals surface area contributed by atoms with E-state index in [4.69, 9.17) is 4.98 Å². The molecular formula is C15H24N2O. The highest BCUT2D eigenvalue weighted by molar-refractivity contribution is 5.44. The second-order valence-corrected chi connectivity index (χ2v) is 5.45. The molecule has 0 saturated heterocycles. The molecule has 0 bridgehead atoms. The molecule has 0 aliphatic heterocycles. The van der Waals surface area contributed by atoms with Gasteiger partial charge in [-0.2, -0.15) is 0 Å². The fourth-order valence-corrected chi connectivity index (χ4v) is 1.75. The Morgan fingerprint density at radius 1 is 1.39 bits per heavy atom. The average Bonchev–Trinajstić information content (AvgIpc) is 2.34. The second kappa shape index (κ2) is 6.01. The van der Waals surface area contributed by atoms with E-state index in [9.17, 15) is 5.11 Å². The van der Waals surface area contributed by atoms with Gasteiger partial charge in [-0.05, 0) is 24.6 Å². The van der Waals surface area contributed by atoms with Crippen LogP contribution in [0.4, 0.5) is 5.82 Å². The summed E-state index contributed by atoms with van der Waals surface area (Å²) in [5, 5.41) is 9.37. The molecule has 0 aliphatic carbocycles. The van der Waals surface area contributed by atoms with Crippen molar-refractivity contribution in [2.45, 2.75) is 39.7 Å². The maximum Gasteiger partial charge on any atom is 0.129 e. The monoisotopic (exact) mass is 248 g/mol. The summed E-state index contributed by atoms with van der Waals surface area (Å²) in [4.78, 5) is 6.85. The third-order valence-corrected chi connectivity index (χ3v) is 2.88. The first-order valence-electron chi connectivity index (χ1n) is 6.40. The van der Waals surface area contributed by atoms with Gasteiger partial charge in [-0.3, -0.25) is 0 Å². The molecule has 0 atom stereocenters. The Morgan fingerprint density at radius 3 is 2.50 bits per heavy atom. The highest BCUT2D eigenvalue weighted by Gasteiger charge is 2.18. The summed E-state index contributed by atoms with van der Waals surface area (Å²) in [6, 6.07) is 3.92. The molecule has 0 radical (unpaired) electrons. The van der Waals surface area contributed by atoms with Crippen LogP contribution >= 0.6 is 0 Å². The Morgan fingerprint density at radius 2 is 2.06 bits per heavy atom. The molecule has 0 fully saturated rings. The summed E-state index contributed by atoms with van der Waals surface area (Å²) in [6.07, 6.45) is 1.87. The van der Waals surface area contributed by atoms with E-state index >= 15 is 0 Å². The largest absolute Gasteiger partial charge is 0.392 e. The van der Waals surface area contributed by atoms with Gasteiger partial charge in [-0.15, -0.1) is 6.58 Å². The predicted octanol–water partition coefficient (Wildman–Crippen LogP) is 2.88. The van der Waals surface area contributed by atoms with Crippen molar-refractivity contribution < 1.29 is 5.11 Å². The molecule has 3 heteroatoms. The highest BCUT2D eigenvalue weighted by Crippen LogP contribution is 2.25. The van der Waals surface area contributed by atoms with Gasteiger partial charge in [0.2, 0.25) is 0 Å². The number of aromatic nitrogens is 1. The molecule has 0 aromatic carbocycles. The van der Waals surface area contributed by atoms with Crippen LogP contribution in [0.15, 0.2) is 24.8 Å². The van der Waals surface area contributed by atoms with E-state index < -0.39 is 0 Å². The van der Waals surface area contributed by atoms with Crippen molar-refractivity contribution in [3.8, 4) is 0 Å². The van der Waals surface area contributed by atoms with E-state index in [0.717, 1.165) is 30.2 Å². The molecule has 1 heterocycles. The lowest BCUT2D eigenvalue weighted by atomic mass is 9.91. The number of likely N-dealkylation sites (N-methyl/N-ethyl adjacent to an activating group) is 1. The molecule has 0 amide bonds. The van der Waals surface area contributed by atoms with Gasteiger partial charge in [0.1, 0.15) is 5.82 Å². The third kappa shape index (κ3) is 3.57. The van der Waals surface area contributed by atoms with Crippen LogP contribution in [0, 0.1) is 0 Å². The molecular weight excluding hydrogens is 224 g/mol. The van der Waals surface area contributed by atoms with Crippen LogP contribution in [0.5, 0.6) is 0 Å². The van der Waals surface area contributed by atoms with Crippen LogP contribution in [0.2, 0.25) is 0 Å². The van der Waals surface area contributed by atoms with Gasteiger partial charge in [-0.25, -0.2) is 4.98 Å². The predicted molar refractivity (Wildman–Crippen MR) is 76.9 cm³/mol. The maximum absolute atomic E-state index is 9.37. The number of rotatable bonds is 5. The molecule has 0 spiro atoms. The van der Waals surface area contributed by atoms with E-state index in [0.29, 0.717) is 0 Å². The number of pyridine rings is 1. The van der Waals surface area contributed by atoms with E-state index in [1.807, 2.05) is 18.2 Å². The van der Waals surface area contributed by atoms with Crippen LogP contribution < -0.4 is 4.90 Å². The van der Waals surface area contributed by atoms with Gasteiger partial charge in [0.05, 0.1) is 6.61 Å². The Balaban J connectivity index is 3.22. The molecule has 1 aromatic heterocycles. The Kier molecular flexibility index (Phi) is 4.91. The average molecular weight is 248 g/mol. The van der Waals surface area contributed by atoms with Crippen LogP contribution in [-0.4, -0.2) is 23.2 Å². The number of aliphatic hydroxyl groups is 1. The number of aliphatic hydroxyl groups excluding tert-OH is 1. The van der Waals surface area contributed by atoms with Gasteiger partial charge in [0, 0.05) is 24.2 Å². The van der Waals surface area contributed by atoms with Gasteiger partial charge in [0.25, 0.3) is 0 Å². The summed E-state index contributed by atoms with van der Waals surface area (Å²) in [5.41, 5.74) is 1.90. The molecule has 0 aliphatic rings. The minimum Gasteiger partial charge on any atom is -0.392 e. The standard InChI is InChI=1S/C15H24N2O/c1-6-8-17(7-2)14-10-12(11-18)9-13(16-14)15(3,4)5/h6,9-10,18H,1,7-8,11H2,2-5H3. The van der Waals surface area contributed by atoms with Gasteiger partial charge in [0.15, 0.2) is 0 Å². The molecule has 1 aromatic rings. The van der Waals surface area contributed by atoms with Crippen molar-refractivity contribution in [1.29, 1.82) is 0 Å². The van der Waals surface area contributed by atoms with Gasteiger partial charge >= 0.3 is 0 Å². The van der Waals surface area contributed by atoms with E-state index in [1.165, 1.54) is 0 Å². The van der Waals surface area contributed by atoms with Gasteiger partial charge < -0.3 is 10.0 Å². The molecule has 0 saturated carbocycles. The topological polar surface area (TPSA) is 36.4 Å². The summed E-state index contributed by atoms with van der Waals surface area (Å²) in [5.74, 6) is 0.911. The SMILES string of the molecule is C=CCN(CC)c1cc(CO)cc(C(C)(C)C)n1. The Bertz CT molecular complexity index is 407. The number of anilines is 1. The Hall–Kier alpha value is -1.35. The van der Waals surface area contributed by atoms with E-state index in [1.54, 1.807) is 0 Å². The van der Waals surface area contributed by atoms with Crippen molar-refractivity contribution >= 4 is 5.82 Å². The minimum atomic E-state index is -0.0203. The van der Waals surface area contributed by atoms with Crippen LogP contribution in [0.3, 0.4) is 0 Å². The number of hydrogen-bond acceptors (Lipinski definition) is 3. The molecule has 0 unspecified atom stereocenters. The Labute approximate surface area is 110 Å². The molecule has 1 rings (SSSR count). The minimum absolute atomic E-state index is 0.0203. The summed E-state index contributed by atoms with van der Waals surface area (Å²) in [7, 11) is 0. The molecule has 100 valence electrons. The molecule has 1 N–H and O–H groups in total. The summed E-state index contributed by atoms with van der Waals surface area (Å²) >= 11 is 0. The van der Waals surface area contributed by atoms with Crippen molar-refractivity contribution in [3.05, 3.63) is 36.0 Å². The fraction of sp³-hybridized carbons (Fsp3) is 0.533. The van der Waals surface area contributed by atoms with Gasteiger partial charge in [-0.1, -0.05) is 26.8 Å². The zero-order chi connectivity index (χ0) is 13.8. The zero-order valence-electron chi connectivity index (χ0n) is 11.9. The first-order chi connectivity index (χ1) is 8.42. The lowest BCUT2D eigenvalue weighted by Crippen LogP contribution is -2.25. The second-order valence-electron chi connectivity index (χ2n) is 5.45. The summed E-state index contributed by atoms with van der Waals surface area (Å²) in [6.45, 7) is 13.9. The van der Waals surface area contributed by atoms with Crippen LogP contribution in [0.1, 0.15) is 39.0 Å². The lowest BCUT2D eigenvalue weighted by Gasteiger charge is -2.25. The first kappa shape index (κ1) is 14.7. The highest BCUT2D eigenvalue weighted by atomic mass is 16.3. The lowest BCUT2D eigenvalue weighted by molar-refractivity contribution is 0.281. The fourth-order valence-electron chi connectivity index (χ4n) is 1.75. The molecule has 3 nitrogen and oxygen atoms in total. The molecule has 18 heavy (non-hydrogen) atoms. The normalized spacial score (nSPS) is 11.4. The van der Waals surface area contributed by atoms with Crippen molar-refractivity contribution in [2.75, 3.05) is 18.0 Å². The van der Waals surface area contributed by atoms with E-state index in [2.05, 4.69) is 39.2 Å².